The fourth-order valence-corrected chi connectivity index (χ4v) is 2.08. The summed E-state index contributed by atoms with van der Waals surface area (Å²) in [6.45, 7) is 1.89. The molecule has 5 heteroatoms. The van der Waals surface area contributed by atoms with E-state index < -0.39 is 0 Å². The van der Waals surface area contributed by atoms with Crippen molar-refractivity contribution >= 4 is 40.7 Å². The number of nitrogens with zero attached hydrogens (tertiary/aromatic N) is 1. The van der Waals surface area contributed by atoms with E-state index in [-0.39, 0.29) is 24.0 Å². The molecule has 0 saturated carbocycles. The number of terminal acetylenes is 1. The fourth-order valence-electron chi connectivity index (χ4n) is 2.08. The van der Waals surface area contributed by atoms with Crippen LogP contribution in [0.2, 0.25) is 0 Å². The van der Waals surface area contributed by atoms with Crippen molar-refractivity contribution < 1.29 is 4.74 Å². The molecule has 0 unspecified atom stereocenters. The van der Waals surface area contributed by atoms with Crippen LogP contribution in [0.4, 0.5) is 0 Å². The van der Waals surface area contributed by atoms with E-state index >= 15 is 0 Å². The van der Waals surface area contributed by atoms with Gasteiger partial charge in [-0.3, -0.25) is 4.99 Å². The molecular formula is C18H22IN3O. The minimum Gasteiger partial charge on any atom is -0.494 e. The van der Waals surface area contributed by atoms with Gasteiger partial charge in [-0.2, -0.15) is 0 Å². The highest BCUT2D eigenvalue weighted by atomic mass is 127. The lowest BCUT2D eigenvalue weighted by molar-refractivity contribution is 0.311. The molecule has 0 radical (unpaired) electrons. The highest BCUT2D eigenvalue weighted by Gasteiger charge is 1.98. The molecule has 23 heavy (non-hydrogen) atoms. The third-order valence-corrected chi connectivity index (χ3v) is 3.18. The summed E-state index contributed by atoms with van der Waals surface area (Å²) in [6.07, 6.45) is 6.08. The van der Waals surface area contributed by atoms with E-state index in [2.05, 4.69) is 45.8 Å². The molecule has 0 aromatic heterocycles. The number of fused-ring (bicyclic) bond motifs is 1. The van der Waals surface area contributed by atoms with Gasteiger partial charge in [-0.25, -0.2) is 0 Å². The van der Waals surface area contributed by atoms with E-state index in [1.807, 2.05) is 18.2 Å². The highest BCUT2D eigenvalue weighted by molar-refractivity contribution is 14.0. The van der Waals surface area contributed by atoms with Gasteiger partial charge < -0.3 is 15.4 Å². The number of guanidine groups is 1. The van der Waals surface area contributed by atoms with Gasteiger partial charge in [-0.05, 0) is 29.3 Å². The van der Waals surface area contributed by atoms with E-state index in [1.165, 1.54) is 10.8 Å². The molecule has 2 rings (SSSR count). The lowest BCUT2D eigenvalue weighted by Gasteiger charge is -2.11. The Kier molecular flexibility index (Phi) is 8.91. The molecule has 2 aromatic rings. The molecule has 0 aliphatic heterocycles. The van der Waals surface area contributed by atoms with Crippen LogP contribution >= 0.6 is 24.0 Å². The number of aliphatic imine (C=N–C) groups is 1. The highest BCUT2D eigenvalue weighted by Crippen LogP contribution is 2.20. The number of rotatable bonds is 6. The van der Waals surface area contributed by atoms with Crippen molar-refractivity contribution in [3.8, 4) is 18.1 Å². The van der Waals surface area contributed by atoms with Crippen molar-refractivity contribution in [1.82, 2.24) is 10.6 Å². The van der Waals surface area contributed by atoms with Crippen molar-refractivity contribution in [2.24, 2.45) is 4.99 Å². The average Bonchev–Trinajstić information content (AvgIpc) is 2.57. The number of benzene rings is 2. The van der Waals surface area contributed by atoms with Crippen molar-refractivity contribution in [2.75, 3.05) is 26.7 Å². The number of halogens is 1. The molecule has 2 aromatic carbocycles. The Morgan fingerprint density at radius 1 is 1.17 bits per heavy atom. The van der Waals surface area contributed by atoms with E-state index in [1.54, 1.807) is 7.05 Å². The summed E-state index contributed by atoms with van der Waals surface area (Å²) < 4.78 is 5.78. The van der Waals surface area contributed by atoms with Gasteiger partial charge in [0.2, 0.25) is 0 Å². The molecule has 0 atom stereocenters. The summed E-state index contributed by atoms with van der Waals surface area (Å²) in [5, 5.41) is 8.61. The normalized spacial score (nSPS) is 10.5. The van der Waals surface area contributed by atoms with Gasteiger partial charge in [0, 0.05) is 13.6 Å². The largest absolute Gasteiger partial charge is 0.494 e. The SMILES string of the molecule is C#CCNC(=NC)NCCCOc1ccc2ccccc2c1.I. The van der Waals surface area contributed by atoms with Gasteiger partial charge in [0.05, 0.1) is 13.2 Å². The molecule has 4 nitrogen and oxygen atoms in total. The summed E-state index contributed by atoms with van der Waals surface area (Å²) in [4.78, 5) is 4.07. The number of nitrogens with one attached hydrogen (secondary N) is 2. The second-order valence-electron chi connectivity index (χ2n) is 4.77. The lowest BCUT2D eigenvalue weighted by atomic mass is 10.1. The zero-order valence-electron chi connectivity index (χ0n) is 13.2. The van der Waals surface area contributed by atoms with Crippen LogP contribution in [0.15, 0.2) is 47.5 Å². The Labute approximate surface area is 154 Å². The Balaban J connectivity index is 0.00000264. The maximum absolute atomic E-state index is 5.78. The van der Waals surface area contributed by atoms with Crippen molar-refractivity contribution in [1.29, 1.82) is 0 Å². The predicted molar refractivity (Wildman–Crippen MR) is 108 cm³/mol. The lowest BCUT2D eigenvalue weighted by Crippen LogP contribution is -2.38. The molecule has 0 aliphatic carbocycles. The van der Waals surface area contributed by atoms with Crippen LogP contribution in [-0.2, 0) is 0 Å². The zero-order valence-corrected chi connectivity index (χ0v) is 15.5. The van der Waals surface area contributed by atoms with Crippen molar-refractivity contribution in [3.63, 3.8) is 0 Å². The van der Waals surface area contributed by atoms with Crippen molar-refractivity contribution in [3.05, 3.63) is 42.5 Å². The van der Waals surface area contributed by atoms with E-state index in [9.17, 15) is 0 Å². The quantitative estimate of drug-likeness (QED) is 0.247. The standard InChI is InChI=1S/C18H21N3O.HI/c1-3-11-20-18(19-2)21-12-6-13-22-17-10-9-15-7-4-5-8-16(15)14-17;/h1,4-5,7-10,14H,6,11-13H2,2H3,(H2,19,20,21);1H. The topological polar surface area (TPSA) is 45.7 Å². The van der Waals surface area contributed by atoms with E-state index in [4.69, 9.17) is 11.2 Å². The minimum absolute atomic E-state index is 0. The fraction of sp³-hybridized carbons (Fsp3) is 0.278. The molecular weight excluding hydrogens is 401 g/mol. The Morgan fingerprint density at radius 2 is 1.96 bits per heavy atom. The van der Waals surface area contributed by atoms with Crippen LogP contribution in [0.3, 0.4) is 0 Å². The molecule has 0 aliphatic rings. The molecule has 122 valence electrons. The zero-order chi connectivity index (χ0) is 15.6. The summed E-state index contributed by atoms with van der Waals surface area (Å²) >= 11 is 0. The van der Waals surface area contributed by atoms with Crippen LogP contribution in [0.25, 0.3) is 10.8 Å². The summed E-state index contributed by atoms with van der Waals surface area (Å²) in [6, 6.07) is 14.4. The first-order chi connectivity index (χ1) is 10.8. The smallest absolute Gasteiger partial charge is 0.191 e. The first-order valence-electron chi connectivity index (χ1n) is 7.33. The third kappa shape index (κ3) is 6.37. The maximum Gasteiger partial charge on any atom is 0.191 e. The van der Waals surface area contributed by atoms with Crippen LogP contribution in [0, 0.1) is 12.3 Å². The Bertz CT molecular complexity index is 679. The van der Waals surface area contributed by atoms with Gasteiger partial charge in [-0.15, -0.1) is 30.4 Å². The van der Waals surface area contributed by atoms with Gasteiger partial charge in [0.15, 0.2) is 5.96 Å². The number of hydrogen-bond donors (Lipinski definition) is 2. The second kappa shape index (κ2) is 10.7. The molecule has 0 spiro atoms. The molecule has 0 fully saturated rings. The van der Waals surface area contributed by atoms with Crippen LogP contribution in [0.1, 0.15) is 6.42 Å². The first kappa shape index (κ1) is 19.1. The summed E-state index contributed by atoms with van der Waals surface area (Å²) in [5.41, 5.74) is 0. The maximum atomic E-state index is 5.78. The Hall–Kier alpha value is -1.94. The van der Waals surface area contributed by atoms with Crippen LogP contribution in [-0.4, -0.2) is 32.7 Å². The van der Waals surface area contributed by atoms with Gasteiger partial charge in [0.25, 0.3) is 0 Å². The molecule has 2 N–H and O–H groups in total. The summed E-state index contributed by atoms with van der Waals surface area (Å²) in [5.74, 6) is 4.12. The average molecular weight is 423 g/mol. The minimum atomic E-state index is 0. The Morgan fingerprint density at radius 3 is 2.70 bits per heavy atom. The first-order valence-corrected chi connectivity index (χ1v) is 7.33. The molecule has 0 bridgehead atoms. The van der Waals surface area contributed by atoms with Crippen molar-refractivity contribution in [2.45, 2.75) is 6.42 Å². The number of ether oxygens (including phenoxy) is 1. The van der Waals surface area contributed by atoms with Crippen LogP contribution in [0.5, 0.6) is 5.75 Å². The monoisotopic (exact) mass is 423 g/mol. The van der Waals surface area contributed by atoms with E-state index in [0.717, 1.165) is 18.7 Å². The van der Waals surface area contributed by atoms with Gasteiger partial charge in [-0.1, -0.05) is 36.3 Å². The molecule has 0 amide bonds. The number of hydrogen-bond acceptors (Lipinski definition) is 2. The second-order valence-corrected chi connectivity index (χ2v) is 4.77. The summed E-state index contributed by atoms with van der Waals surface area (Å²) in [7, 11) is 1.72. The molecule has 0 heterocycles. The predicted octanol–water partition coefficient (Wildman–Crippen LogP) is 3.02. The van der Waals surface area contributed by atoms with Gasteiger partial charge >= 0.3 is 0 Å². The van der Waals surface area contributed by atoms with Crippen LogP contribution < -0.4 is 15.4 Å². The van der Waals surface area contributed by atoms with E-state index in [0.29, 0.717) is 19.1 Å². The van der Waals surface area contributed by atoms with Gasteiger partial charge in [0.1, 0.15) is 5.75 Å². The third-order valence-electron chi connectivity index (χ3n) is 3.18. The molecule has 0 saturated heterocycles.